The van der Waals surface area contributed by atoms with E-state index in [0.717, 1.165) is 11.3 Å². The Balaban J connectivity index is 2.34. The van der Waals surface area contributed by atoms with Gasteiger partial charge in [-0.3, -0.25) is 0 Å². The van der Waals surface area contributed by atoms with E-state index < -0.39 is 5.60 Å². The van der Waals surface area contributed by atoms with Crippen molar-refractivity contribution in [1.82, 2.24) is 0 Å². The Morgan fingerprint density at radius 3 is 2.59 bits per heavy atom. The van der Waals surface area contributed by atoms with Gasteiger partial charge in [-0.05, 0) is 39.0 Å². The predicted molar refractivity (Wildman–Crippen MR) is 64.4 cm³/mol. The number of carbonyl (C=O) groups is 1. The van der Waals surface area contributed by atoms with Crippen molar-refractivity contribution in [3.63, 3.8) is 0 Å². The van der Waals surface area contributed by atoms with Gasteiger partial charge < -0.3 is 9.15 Å². The molecule has 1 unspecified atom stereocenters. The molecule has 0 aliphatic carbocycles. The molecule has 1 atom stereocenters. The summed E-state index contributed by atoms with van der Waals surface area (Å²) in [5.74, 6) is 1.13. The van der Waals surface area contributed by atoms with Gasteiger partial charge in [-0.1, -0.05) is 12.2 Å². The van der Waals surface area contributed by atoms with Gasteiger partial charge in [0.15, 0.2) is 11.4 Å². The fourth-order valence-corrected chi connectivity index (χ4v) is 2.00. The molecular weight excluding hydrogens is 216 g/mol. The van der Waals surface area contributed by atoms with Crippen LogP contribution in [0.4, 0.5) is 0 Å². The van der Waals surface area contributed by atoms with Gasteiger partial charge in [0.2, 0.25) is 0 Å². The molecule has 0 radical (unpaired) electrons. The average Bonchev–Trinajstić information content (AvgIpc) is 2.75. The molecule has 0 aromatic carbocycles. The quantitative estimate of drug-likeness (QED) is 0.456. The lowest BCUT2D eigenvalue weighted by Gasteiger charge is -2.25. The Hall–Kier alpha value is -1.77. The summed E-state index contributed by atoms with van der Waals surface area (Å²) < 4.78 is 11.1. The molecule has 1 aliphatic heterocycles. The molecule has 0 spiro atoms. The van der Waals surface area contributed by atoms with Crippen LogP contribution in [0.1, 0.15) is 32.3 Å². The first-order chi connectivity index (χ1) is 7.93. The number of hydrogen-bond acceptors (Lipinski definition) is 3. The second kappa shape index (κ2) is 3.91. The lowest BCUT2D eigenvalue weighted by atomic mass is 9.91. The van der Waals surface area contributed by atoms with Crippen LogP contribution in [0.25, 0.3) is 0 Å². The molecule has 0 saturated carbocycles. The van der Waals surface area contributed by atoms with Crippen LogP contribution in [0.3, 0.4) is 0 Å². The molecule has 3 nitrogen and oxygen atoms in total. The molecule has 1 aromatic heterocycles. The topological polar surface area (TPSA) is 39.4 Å². The van der Waals surface area contributed by atoms with Crippen LogP contribution >= 0.6 is 0 Å². The van der Waals surface area contributed by atoms with E-state index >= 15 is 0 Å². The smallest absolute Gasteiger partial charge is 0.334 e. The van der Waals surface area contributed by atoms with Crippen molar-refractivity contribution in [2.24, 2.45) is 0 Å². The maximum Gasteiger partial charge on any atom is 0.334 e. The first kappa shape index (κ1) is 11.7. The Labute approximate surface area is 101 Å². The molecule has 17 heavy (non-hydrogen) atoms. The summed E-state index contributed by atoms with van der Waals surface area (Å²) in [5, 5.41) is 0. The number of fused-ring (bicyclic) bond motifs is 2. The Bertz CT molecular complexity index is 503. The highest BCUT2D eigenvalue weighted by Crippen LogP contribution is 2.40. The van der Waals surface area contributed by atoms with Gasteiger partial charge >= 0.3 is 5.97 Å². The molecule has 3 heteroatoms. The summed E-state index contributed by atoms with van der Waals surface area (Å²) in [5.41, 5.74) is 0.708. The summed E-state index contributed by atoms with van der Waals surface area (Å²) in [6.07, 6.45) is 2.50. The minimum atomic E-state index is -0.765. The van der Waals surface area contributed by atoms with Crippen LogP contribution < -0.4 is 0 Å². The number of rotatable bonds is 3. The van der Waals surface area contributed by atoms with Gasteiger partial charge in [0, 0.05) is 5.57 Å². The maximum atomic E-state index is 11.7. The number of esters is 1. The molecule has 90 valence electrons. The molecule has 0 fully saturated rings. The van der Waals surface area contributed by atoms with Crippen molar-refractivity contribution < 1.29 is 13.9 Å². The summed E-state index contributed by atoms with van der Waals surface area (Å²) in [4.78, 5) is 11.7. The highest BCUT2D eigenvalue weighted by Gasteiger charge is 2.43. The molecule has 0 amide bonds. The molecular formula is C14H16O3. The van der Waals surface area contributed by atoms with Crippen LogP contribution in [0.2, 0.25) is 0 Å². The maximum absolute atomic E-state index is 11.7. The molecule has 2 bridgehead atoms. The van der Waals surface area contributed by atoms with E-state index in [1.807, 2.05) is 32.1 Å². The van der Waals surface area contributed by atoms with Crippen molar-refractivity contribution in [1.29, 1.82) is 0 Å². The molecule has 2 heterocycles. The molecule has 0 N–H and O–H groups in total. The largest absolute Gasteiger partial charge is 0.461 e. The molecule has 0 saturated heterocycles. The third-order valence-electron chi connectivity index (χ3n) is 2.66. The monoisotopic (exact) mass is 232 g/mol. The second-order valence-electron chi connectivity index (χ2n) is 4.72. The van der Waals surface area contributed by atoms with Crippen molar-refractivity contribution >= 4 is 5.97 Å². The van der Waals surface area contributed by atoms with Gasteiger partial charge in [-0.15, -0.1) is 0 Å². The van der Waals surface area contributed by atoms with Gasteiger partial charge in [-0.2, -0.15) is 0 Å². The van der Waals surface area contributed by atoms with E-state index in [4.69, 9.17) is 9.15 Å². The fraction of sp³-hybridized carbons (Fsp3) is 0.357. The fourth-order valence-electron chi connectivity index (χ4n) is 2.00. The molecule has 1 aliphatic rings. The second-order valence-corrected chi connectivity index (χ2v) is 4.72. The Morgan fingerprint density at radius 2 is 2.18 bits per heavy atom. The summed E-state index contributed by atoms with van der Waals surface area (Å²) >= 11 is 0. The number of carbonyl (C=O) groups excluding carboxylic acids is 1. The van der Waals surface area contributed by atoms with Crippen LogP contribution in [-0.2, 0) is 21.6 Å². The highest BCUT2D eigenvalue weighted by molar-refractivity contribution is 5.87. The molecule has 1 aromatic rings. The third kappa shape index (κ3) is 2.05. The minimum absolute atomic E-state index is 0.389. The SMILES string of the molecule is C=C(C)C(=O)OC1(C=C(C)C)Cc2ccc1o2. The standard InChI is InChI=1S/C14H16O3/c1-9(2)7-14(17-13(15)10(3)4)8-11-5-6-12(14)16-11/h5-7H,3,8H2,1-2,4H3. The van der Waals surface area contributed by atoms with Crippen molar-refractivity contribution in [2.45, 2.75) is 32.8 Å². The zero-order valence-electron chi connectivity index (χ0n) is 10.4. The summed E-state index contributed by atoms with van der Waals surface area (Å²) in [7, 11) is 0. The number of allylic oxidation sites excluding steroid dienone is 1. The Kier molecular flexibility index (Phi) is 2.69. The van der Waals surface area contributed by atoms with Crippen molar-refractivity contribution in [3.05, 3.63) is 47.5 Å². The zero-order chi connectivity index (χ0) is 12.6. The summed E-state index contributed by atoms with van der Waals surface area (Å²) in [6.45, 7) is 9.18. The third-order valence-corrected chi connectivity index (χ3v) is 2.66. The van der Waals surface area contributed by atoms with E-state index in [-0.39, 0.29) is 5.97 Å². The van der Waals surface area contributed by atoms with E-state index in [1.54, 1.807) is 6.92 Å². The minimum Gasteiger partial charge on any atom is -0.461 e. The number of furan rings is 1. The van der Waals surface area contributed by atoms with Crippen LogP contribution in [0.5, 0.6) is 0 Å². The number of hydrogen-bond donors (Lipinski definition) is 0. The van der Waals surface area contributed by atoms with Gasteiger partial charge in [-0.25, -0.2) is 4.79 Å². The first-order valence-electron chi connectivity index (χ1n) is 5.57. The van der Waals surface area contributed by atoms with Gasteiger partial charge in [0.05, 0.1) is 6.42 Å². The lowest BCUT2D eigenvalue weighted by molar-refractivity contribution is -0.151. The number of ether oxygens (including phenoxy) is 1. The highest BCUT2D eigenvalue weighted by atomic mass is 16.6. The van der Waals surface area contributed by atoms with Gasteiger partial charge in [0.25, 0.3) is 0 Å². The van der Waals surface area contributed by atoms with Gasteiger partial charge in [0.1, 0.15) is 5.76 Å². The van der Waals surface area contributed by atoms with E-state index in [0.29, 0.717) is 17.8 Å². The van der Waals surface area contributed by atoms with Crippen LogP contribution in [0.15, 0.2) is 40.4 Å². The average molecular weight is 232 g/mol. The Morgan fingerprint density at radius 1 is 1.47 bits per heavy atom. The summed E-state index contributed by atoms with van der Waals surface area (Å²) in [6, 6.07) is 3.75. The predicted octanol–water partition coefficient (Wildman–Crippen LogP) is 3.12. The molecule has 2 rings (SSSR count). The normalized spacial score (nSPS) is 21.1. The zero-order valence-corrected chi connectivity index (χ0v) is 10.4. The first-order valence-corrected chi connectivity index (χ1v) is 5.57. The van der Waals surface area contributed by atoms with Crippen molar-refractivity contribution in [2.75, 3.05) is 0 Å². The lowest BCUT2D eigenvalue weighted by Crippen LogP contribution is -2.31. The van der Waals surface area contributed by atoms with E-state index in [9.17, 15) is 4.79 Å². The van der Waals surface area contributed by atoms with Crippen LogP contribution in [-0.4, -0.2) is 5.97 Å². The van der Waals surface area contributed by atoms with E-state index in [1.165, 1.54) is 0 Å². The van der Waals surface area contributed by atoms with Crippen LogP contribution in [0, 0.1) is 0 Å². The van der Waals surface area contributed by atoms with E-state index in [2.05, 4.69) is 6.58 Å². The van der Waals surface area contributed by atoms with Crippen molar-refractivity contribution in [3.8, 4) is 0 Å².